The summed E-state index contributed by atoms with van der Waals surface area (Å²) < 4.78 is 4.11. The van der Waals surface area contributed by atoms with Crippen LogP contribution in [0.3, 0.4) is 0 Å². The fourth-order valence-electron chi connectivity index (χ4n) is 2.18. The maximum absolute atomic E-state index is 11.4. The molecule has 19 heavy (non-hydrogen) atoms. The molecule has 110 valence electrons. The van der Waals surface area contributed by atoms with Crippen molar-refractivity contribution >= 4 is 17.7 Å². The first-order valence-electron chi connectivity index (χ1n) is 6.74. The second-order valence-electron chi connectivity index (χ2n) is 4.75. The first kappa shape index (κ1) is 17.6. The van der Waals surface area contributed by atoms with Gasteiger partial charge < -0.3 is 9.84 Å². The number of carboxylic acid groups (broad SMARTS) is 1. The third kappa shape index (κ3) is 6.94. The smallest absolute Gasteiger partial charge is 0.307 e. The molecule has 1 rings (SSSR count). The lowest BCUT2D eigenvalue weighted by Crippen LogP contribution is -2.22. The highest BCUT2D eigenvalue weighted by Gasteiger charge is 2.38. The molecule has 0 aromatic carbocycles. The van der Waals surface area contributed by atoms with E-state index in [-0.39, 0.29) is 17.7 Å². The van der Waals surface area contributed by atoms with Crippen molar-refractivity contribution < 1.29 is 24.2 Å². The number of methoxy groups -OCH3 is 1. The predicted octanol–water partition coefficient (Wildman–Crippen LogP) is 2.43. The summed E-state index contributed by atoms with van der Waals surface area (Å²) in [6, 6.07) is 0. The summed E-state index contributed by atoms with van der Waals surface area (Å²) in [5.74, 6) is -1.48. The van der Waals surface area contributed by atoms with Crippen molar-refractivity contribution in [2.45, 2.75) is 52.4 Å². The van der Waals surface area contributed by atoms with Gasteiger partial charge in [0.15, 0.2) is 0 Å². The Bertz CT molecular complexity index is 311. The molecule has 2 atom stereocenters. The molecule has 0 aromatic rings. The molecular formula is C14H24O5. The van der Waals surface area contributed by atoms with Crippen molar-refractivity contribution in [3.8, 4) is 0 Å². The van der Waals surface area contributed by atoms with E-state index < -0.39 is 11.9 Å². The van der Waals surface area contributed by atoms with Crippen LogP contribution in [0.1, 0.15) is 52.4 Å². The monoisotopic (exact) mass is 272 g/mol. The molecule has 0 aromatic heterocycles. The minimum Gasteiger partial charge on any atom is -0.481 e. The van der Waals surface area contributed by atoms with Gasteiger partial charge in [0.1, 0.15) is 5.78 Å². The van der Waals surface area contributed by atoms with E-state index in [2.05, 4.69) is 11.7 Å². The molecule has 0 spiro atoms. The molecule has 0 saturated heterocycles. The molecule has 0 aliphatic heterocycles. The number of hydrogen-bond donors (Lipinski definition) is 1. The topological polar surface area (TPSA) is 80.7 Å². The van der Waals surface area contributed by atoms with Gasteiger partial charge in [0, 0.05) is 19.3 Å². The maximum atomic E-state index is 11.4. The minimum absolute atomic E-state index is 0.161. The first-order chi connectivity index (χ1) is 8.93. The van der Waals surface area contributed by atoms with Gasteiger partial charge in [-0.1, -0.05) is 26.2 Å². The number of unbranched alkanes of at least 4 members (excludes halogenated alkanes) is 2. The van der Waals surface area contributed by atoms with E-state index in [4.69, 9.17) is 5.11 Å². The van der Waals surface area contributed by atoms with E-state index in [9.17, 15) is 14.4 Å². The van der Waals surface area contributed by atoms with Crippen LogP contribution in [0.4, 0.5) is 0 Å². The summed E-state index contributed by atoms with van der Waals surface area (Å²) >= 11 is 0. The van der Waals surface area contributed by atoms with Gasteiger partial charge in [0.25, 0.3) is 0 Å². The summed E-state index contributed by atoms with van der Waals surface area (Å²) in [5, 5.41) is 8.91. The number of esters is 1. The van der Waals surface area contributed by atoms with Crippen molar-refractivity contribution in [2.75, 3.05) is 7.11 Å². The zero-order valence-electron chi connectivity index (χ0n) is 12.0. The molecule has 1 saturated carbocycles. The van der Waals surface area contributed by atoms with Crippen molar-refractivity contribution in [1.82, 2.24) is 0 Å². The fourth-order valence-corrected chi connectivity index (χ4v) is 2.18. The Morgan fingerprint density at radius 2 is 1.95 bits per heavy atom. The summed E-state index contributed by atoms with van der Waals surface area (Å²) in [4.78, 5) is 31.8. The molecule has 0 radical (unpaired) electrons. The van der Waals surface area contributed by atoms with Crippen molar-refractivity contribution in [3.05, 3.63) is 0 Å². The second kappa shape index (κ2) is 9.53. The molecule has 0 unspecified atom stereocenters. The fraction of sp³-hybridized carbons (Fsp3) is 0.786. The Labute approximate surface area is 114 Å². The Hall–Kier alpha value is -1.39. The third-order valence-corrected chi connectivity index (χ3v) is 3.32. The van der Waals surface area contributed by atoms with Crippen LogP contribution < -0.4 is 0 Å². The van der Waals surface area contributed by atoms with Crippen LogP contribution in [-0.2, 0) is 19.1 Å². The summed E-state index contributed by atoms with van der Waals surface area (Å²) in [7, 11) is 1.35. The highest BCUT2D eigenvalue weighted by molar-refractivity contribution is 5.89. The van der Waals surface area contributed by atoms with E-state index in [0.29, 0.717) is 12.8 Å². The highest BCUT2D eigenvalue weighted by Crippen LogP contribution is 2.32. The summed E-state index contributed by atoms with van der Waals surface area (Å²) in [6.45, 7) is 3.46. The SMILES string of the molecule is CCCCC[C@H]1C(=O)CC[C@H]1C(=O)O.COC(C)=O. The molecule has 0 amide bonds. The average Bonchev–Trinajstić information content (AvgIpc) is 2.72. The Kier molecular flexibility index (Phi) is 8.83. The molecule has 1 N–H and O–H groups in total. The standard InChI is InChI=1S/C11H18O3.C3H6O2/c1-2-3-4-5-8-9(11(13)14)6-7-10(8)12;1-3(4)5-2/h8-9H,2-7H2,1H3,(H,13,14);1-2H3/t8-,9-;/m1./s1. The number of carboxylic acids is 1. The number of ether oxygens (including phenoxy) is 1. The number of carbonyl (C=O) groups excluding carboxylic acids is 2. The molecule has 1 aliphatic rings. The number of Topliss-reactive ketones (excluding diaryl/α,β-unsaturated/α-hetero) is 1. The molecular weight excluding hydrogens is 248 g/mol. The van der Waals surface area contributed by atoms with Crippen LogP contribution >= 0.6 is 0 Å². The number of rotatable bonds is 5. The van der Waals surface area contributed by atoms with Crippen molar-refractivity contribution in [3.63, 3.8) is 0 Å². The predicted molar refractivity (Wildman–Crippen MR) is 70.7 cm³/mol. The van der Waals surface area contributed by atoms with Crippen LogP contribution in [0, 0.1) is 11.8 Å². The van der Waals surface area contributed by atoms with Gasteiger partial charge >= 0.3 is 11.9 Å². The normalized spacial score (nSPS) is 21.5. The minimum atomic E-state index is -0.794. The number of hydrogen-bond acceptors (Lipinski definition) is 4. The van der Waals surface area contributed by atoms with Crippen molar-refractivity contribution in [2.24, 2.45) is 11.8 Å². The quantitative estimate of drug-likeness (QED) is 0.614. The lowest BCUT2D eigenvalue weighted by atomic mass is 9.90. The van der Waals surface area contributed by atoms with Crippen molar-refractivity contribution in [1.29, 1.82) is 0 Å². The van der Waals surface area contributed by atoms with Gasteiger partial charge in [0.05, 0.1) is 13.0 Å². The largest absolute Gasteiger partial charge is 0.481 e. The first-order valence-corrected chi connectivity index (χ1v) is 6.74. The molecule has 1 fully saturated rings. The summed E-state index contributed by atoms with van der Waals surface area (Å²) in [6.07, 6.45) is 4.97. The number of aliphatic carboxylic acids is 1. The Balaban J connectivity index is 0.000000555. The highest BCUT2D eigenvalue weighted by atomic mass is 16.5. The van der Waals surface area contributed by atoms with Gasteiger partial charge in [-0.05, 0) is 12.8 Å². The zero-order valence-corrected chi connectivity index (χ0v) is 12.0. The van der Waals surface area contributed by atoms with Crippen LogP contribution in [0.15, 0.2) is 0 Å². The van der Waals surface area contributed by atoms with E-state index in [1.54, 1.807) is 0 Å². The van der Waals surface area contributed by atoms with Gasteiger partial charge in [0.2, 0.25) is 0 Å². The lowest BCUT2D eigenvalue weighted by molar-refractivity contribution is -0.144. The Morgan fingerprint density at radius 1 is 1.37 bits per heavy atom. The number of carbonyl (C=O) groups is 3. The van der Waals surface area contributed by atoms with E-state index >= 15 is 0 Å². The van der Waals surface area contributed by atoms with E-state index in [0.717, 1.165) is 25.7 Å². The van der Waals surface area contributed by atoms with E-state index in [1.165, 1.54) is 14.0 Å². The lowest BCUT2D eigenvalue weighted by Gasteiger charge is -2.13. The second-order valence-corrected chi connectivity index (χ2v) is 4.75. The average molecular weight is 272 g/mol. The molecule has 1 aliphatic carbocycles. The molecule has 5 heteroatoms. The third-order valence-electron chi connectivity index (χ3n) is 3.32. The zero-order chi connectivity index (χ0) is 14.8. The van der Waals surface area contributed by atoms with E-state index in [1.807, 2.05) is 0 Å². The molecule has 0 heterocycles. The van der Waals surface area contributed by atoms with Crippen LogP contribution in [0.5, 0.6) is 0 Å². The van der Waals surface area contributed by atoms with Crippen LogP contribution in [0.25, 0.3) is 0 Å². The molecule has 5 nitrogen and oxygen atoms in total. The van der Waals surface area contributed by atoms with Gasteiger partial charge in [-0.15, -0.1) is 0 Å². The molecule has 0 bridgehead atoms. The Morgan fingerprint density at radius 3 is 2.37 bits per heavy atom. The maximum Gasteiger partial charge on any atom is 0.307 e. The van der Waals surface area contributed by atoms with Gasteiger partial charge in [-0.3, -0.25) is 14.4 Å². The van der Waals surface area contributed by atoms with Crippen LogP contribution in [0.2, 0.25) is 0 Å². The summed E-state index contributed by atoms with van der Waals surface area (Å²) in [5.41, 5.74) is 0. The number of ketones is 1. The van der Waals surface area contributed by atoms with Crippen LogP contribution in [-0.4, -0.2) is 29.9 Å². The van der Waals surface area contributed by atoms with Gasteiger partial charge in [-0.25, -0.2) is 0 Å². The van der Waals surface area contributed by atoms with Gasteiger partial charge in [-0.2, -0.15) is 0 Å².